The van der Waals surface area contributed by atoms with Gasteiger partial charge in [0.2, 0.25) is 0 Å². The maximum Gasteiger partial charge on any atom is 0.168 e. The van der Waals surface area contributed by atoms with E-state index in [1.54, 1.807) is 23.5 Å². The summed E-state index contributed by atoms with van der Waals surface area (Å²) >= 11 is 7.49. The maximum absolute atomic E-state index is 12.0. The van der Waals surface area contributed by atoms with Crippen LogP contribution in [-0.2, 0) is 6.42 Å². The fraction of sp³-hybridized carbons (Fsp3) is 0.231. The third-order valence-corrected chi connectivity index (χ3v) is 3.73. The minimum Gasteiger partial charge on any atom is -0.294 e. The first-order valence-corrected chi connectivity index (χ1v) is 6.52. The van der Waals surface area contributed by atoms with Crippen molar-refractivity contribution in [2.75, 3.05) is 0 Å². The zero-order valence-corrected chi connectivity index (χ0v) is 11.2. The summed E-state index contributed by atoms with van der Waals surface area (Å²) in [7, 11) is 0. The molecular weight excluding hydrogens is 254 g/mol. The number of carbonyl (C=O) groups excluding carboxylic acids is 1. The van der Waals surface area contributed by atoms with Crippen molar-refractivity contribution in [1.29, 1.82) is 0 Å². The van der Waals surface area contributed by atoms with Gasteiger partial charge in [-0.1, -0.05) is 11.6 Å². The molecule has 0 saturated carbocycles. The molecule has 0 bridgehead atoms. The average molecular weight is 266 g/mol. The molecule has 1 aromatic heterocycles. The molecule has 0 atom stereocenters. The molecule has 0 unspecified atom stereocenters. The minimum atomic E-state index is 0.0788. The van der Waals surface area contributed by atoms with Gasteiger partial charge in [-0.25, -0.2) is 4.98 Å². The summed E-state index contributed by atoms with van der Waals surface area (Å²) in [6.45, 7) is 3.83. The van der Waals surface area contributed by atoms with Crippen molar-refractivity contribution < 1.29 is 4.79 Å². The topological polar surface area (TPSA) is 30.0 Å². The lowest BCUT2D eigenvalue weighted by atomic mass is 10.0. The lowest BCUT2D eigenvalue weighted by molar-refractivity contribution is 0.0992. The van der Waals surface area contributed by atoms with Crippen LogP contribution in [0.4, 0.5) is 0 Å². The third kappa shape index (κ3) is 2.93. The number of thiazole rings is 1. The first-order valence-electron chi connectivity index (χ1n) is 5.26. The summed E-state index contributed by atoms with van der Waals surface area (Å²) in [6, 6.07) is 5.34. The monoisotopic (exact) mass is 265 g/mol. The molecule has 1 heterocycles. The Hall–Kier alpha value is -1.19. The van der Waals surface area contributed by atoms with Gasteiger partial charge >= 0.3 is 0 Å². The minimum absolute atomic E-state index is 0.0788. The van der Waals surface area contributed by atoms with Crippen LogP contribution < -0.4 is 0 Å². The van der Waals surface area contributed by atoms with Crippen LogP contribution in [0.1, 0.15) is 26.6 Å². The van der Waals surface area contributed by atoms with Crippen molar-refractivity contribution in [2.24, 2.45) is 0 Å². The highest BCUT2D eigenvalue weighted by atomic mass is 35.5. The molecule has 1 aromatic carbocycles. The van der Waals surface area contributed by atoms with Gasteiger partial charge < -0.3 is 0 Å². The molecule has 0 N–H and O–H groups in total. The van der Waals surface area contributed by atoms with Crippen LogP contribution >= 0.6 is 22.9 Å². The number of ketones is 1. The van der Waals surface area contributed by atoms with Crippen LogP contribution in [0.25, 0.3) is 0 Å². The van der Waals surface area contributed by atoms with Gasteiger partial charge in [0, 0.05) is 16.0 Å². The van der Waals surface area contributed by atoms with Crippen molar-refractivity contribution in [2.45, 2.75) is 20.3 Å². The predicted octanol–water partition coefficient (Wildman–Crippen LogP) is 3.84. The van der Waals surface area contributed by atoms with Crippen LogP contribution in [0.2, 0.25) is 5.02 Å². The van der Waals surface area contributed by atoms with Gasteiger partial charge in [0.05, 0.1) is 17.1 Å². The maximum atomic E-state index is 12.0. The predicted molar refractivity (Wildman–Crippen MR) is 71.1 cm³/mol. The number of halogens is 1. The molecule has 17 heavy (non-hydrogen) atoms. The molecule has 0 amide bonds. The second kappa shape index (κ2) is 4.98. The highest BCUT2D eigenvalue weighted by Crippen LogP contribution is 2.18. The standard InChI is InChI=1S/C13H12ClNOS/c1-8-5-10(3-4-12(8)14)13(16)6-11-7-17-9(2)15-11/h3-5,7H,6H2,1-2H3. The number of Topliss-reactive ketones (excluding diaryl/α,β-unsaturated/α-hetero) is 1. The van der Waals surface area contributed by atoms with Gasteiger partial charge in [-0.15, -0.1) is 11.3 Å². The third-order valence-electron chi connectivity index (χ3n) is 2.49. The van der Waals surface area contributed by atoms with E-state index in [1.165, 1.54) is 0 Å². The van der Waals surface area contributed by atoms with Gasteiger partial charge in [-0.2, -0.15) is 0 Å². The molecule has 0 saturated heterocycles. The van der Waals surface area contributed by atoms with Crippen LogP contribution in [0.5, 0.6) is 0 Å². The van der Waals surface area contributed by atoms with Crippen LogP contribution in [0.15, 0.2) is 23.6 Å². The molecule has 2 aromatic rings. The molecule has 4 heteroatoms. The highest BCUT2D eigenvalue weighted by Gasteiger charge is 2.10. The van der Waals surface area contributed by atoms with Crippen molar-refractivity contribution in [3.05, 3.63) is 50.4 Å². The molecule has 2 rings (SSSR count). The summed E-state index contributed by atoms with van der Waals surface area (Å²) in [5.74, 6) is 0.0788. The highest BCUT2D eigenvalue weighted by molar-refractivity contribution is 7.09. The molecule has 0 aliphatic carbocycles. The number of carbonyl (C=O) groups is 1. The van der Waals surface area contributed by atoms with Gasteiger partial charge in [0.15, 0.2) is 5.78 Å². The van der Waals surface area contributed by atoms with E-state index in [1.807, 2.05) is 25.3 Å². The molecule has 0 radical (unpaired) electrons. The fourth-order valence-corrected chi connectivity index (χ4v) is 2.30. The lowest BCUT2D eigenvalue weighted by Gasteiger charge is -2.02. The summed E-state index contributed by atoms with van der Waals surface area (Å²) < 4.78 is 0. The Labute approximate surface area is 109 Å². The van der Waals surface area contributed by atoms with E-state index in [0.717, 1.165) is 16.3 Å². The summed E-state index contributed by atoms with van der Waals surface area (Å²) in [5.41, 5.74) is 2.45. The number of rotatable bonds is 3. The Morgan fingerprint density at radius 2 is 2.18 bits per heavy atom. The number of benzene rings is 1. The van der Waals surface area contributed by atoms with Gasteiger partial charge in [0.25, 0.3) is 0 Å². The molecule has 2 nitrogen and oxygen atoms in total. The Kier molecular flexibility index (Phi) is 3.60. The van der Waals surface area contributed by atoms with Crippen LogP contribution in [0.3, 0.4) is 0 Å². The normalized spacial score (nSPS) is 10.5. The van der Waals surface area contributed by atoms with Crippen molar-refractivity contribution in [3.8, 4) is 0 Å². The Morgan fingerprint density at radius 1 is 1.41 bits per heavy atom. The van der Waals surface area contributed by atoms with E-state index >= 15 is 0 Å². The van der Waals surface area contributed by atoms with E-state index in [9.17, 15) is 4.79 Å². The molecular formula is C13H12ClNOS. The van der Waals surface area contributed by atoms with Crippen LogP contribution in [-0.4, -0.2) is 10.8 Å². The van der Waals surface area contributed by atoms with E-state index in [-0.39, 0.29) is 5.78 Å². The Morgan fingerprint density at radius 3 is 2.76 bits per heavy atom. The second-order valence-corrected chi connectivity index (χ2v) is 5.39. The summed E-state index contributed by atoms with van der Waals surface area (Å²) in [5, 5.41) is 3.60. The quantitative estimate of drug-likeness (QED) is 0.790. The van der Waals surface area contributed by atoms with E-state index in [4.69, 9.17) is 11.6 Å². The molecule has 0 aliphatic heterocycles. The lowest BCUT2D eigenvalue weighted by Crippen LogP contribution is -2.04. The van der Waals surface area contributed by atoms with Crippen LogP contribution in [0, 0.1) is 13.8 Å². The smallest absolute Gasteiger partial charge is 0.168 e. The Bertz CT molecular complexity index is 562. The van der Waals surface area contributed by atoms with Gasteiger partial charge in [0.1, 0.15) is 0 Å². The van der Waals surface area contributed by atoms with Crippen molar-refractivity contribution in [3.63, 3.8) is 0 Å². The van der Waals surface area contributed by atoms with Gasteiger partial charge in [-0.3, -0.25) is 4.79 Å². The first kappa shape index (κ1) is 12.3. The van der Waals surface area contributed by atoms with E-state index in [2.05, 4.69) is 4.98 Å². The van der Waals surface area contributed by atoms with Gasteiger partial charge in [-0.05, 0) is 37.6 Å². The zero-order valence-electron chi connectivity index (χ0n) is 9.66. The second-order valence-electron chi connectivity index (χ2n) is 3.92. The number of hydrogen-bond acceptors (Lipinski definition) is 3. The number of nitrogens with zero attached hydrogens (tertiary/aromatic N) is 1. The number of aryl methyl sites for hydroxylation is 2. The largest absolute Gasteiger partial charge is 0.294 e. The SMILES string of the molecule is Cc1nc(CC(=O)c2ccc(Cl)c(C)c2)cs1. The molecule has 88 valence electrons. The fourth-order valence-electron chi connectivity index (χ4n) is 1.57. The van der Waals surface area contributed by atoms with Crippen molar-refractivity contribution >= 4 is 28.7 Å². The van der Waals surface area contributed by atoms with Crippen molar-refractivity contribution in [1.82, 2.24) is 4.98 Å². The van der Waals surface area contributed by atoms with E-state index in [0.29, 0.717) is 17.0 Å². The molecule has 0 fully saturated rings. The number of aromatic nitrogens is 1. The average Bonchev–Trinajstić information content (AvgIpc) is 2.68. The zero-order chi connectivity index (χ0) is 12.4. The summed E-state index contributed by atoms with van der Waals surface area (Å²) in [4.78, 5) is 16.3. The summed E-state index contributed by atoms with van der Waals surface area (Å²) in [6.07, 6.45) is 0.353. The molecule has 0 spiro atoms. The van der Waals surface area contributed by atoms with E-state index < -0.39 is 0 Å². The molecule has 0 aliphatic rings. The first-order chi connectivity index (χ1) is 8.06. The number of hydrogen-bond donors (Lipinski definition) is 0. The Balaban J connectivity index is 2.17.